The second-order valence-corrected chi connectivity index (χ2v) is 4.93. The van der Waals surface area contributed by atoms with Crippen LogP contribution in [0.25, 0.3) is 10.9 Å². The molecule has 0 atom stereocenters. The lowest BCUT2D eigenvalue weighted by Crippen LogP contribution is -2.06. The van der Waals surface area contributed by atoms with E-state index in [-0.39, 0.29) is 5.78 Å². The Labute approximate surface area is 123 Å². The number of ketones is 1. The second kappa shape index (κ2) is 5.44. The van der Waals surface area contributed by atoms with E-state index in [2.05, 4.69) is 4.98 Å². The summed E-state index contributed by atoms with van der Waals surface area (Å²) in [6.07, 6.45) is 0. The summed E-state index contributed by atoms with van der Waals surface area (Å²) >= 11 is 0. The molecule has 3 heteroatoms. The third kappa shape index (κ3) is 2.31. The number of hydrogen-bond acceptors (Lipinski definition) is 2. The number of para-hydroxylation sites is 2. The molecule has 0 amide bonds. The Morgan fingerprint density at radius 3 is 2.62 bits per heavy atom. The van der Waals surface area contributed by atoms with Crippen molar-refractivity contribution in [2.45, 2.75) is 13.8 Å². The molecule has 0 unspecified atom stereocenters. The first-order valence-electron chi connectivity index (χ1n) is 7.06. The maximum Gasteiger partial charge on any atom is 0.199 e. The van der Waals surface area contributed by atoms with E-state index in [4.69, 9.17) is 4.74 Å². The first-order valence-corrected chi connectivity index (χ1v) is 7.06. The van der Waals surface area contributed by atoms with E-state index in [1.165, 1.54) is 0 Å². The van der Waals surface area contributed by atoms with Crippen molar-refractivity contribution >= 4 is 16.7 Å². The number of carbonyl (C=O) groups excluding carboxylic acids is 1. The quantitative estimate of drug-likeness (QED) is 0.730. The van der Waals surface area contributed by atoms with E-state index in [0.29, 0.717) is 17.9 Å². The number of aromatic amines is 1. The van der Waals surface area contributed by atoms with E-state index in [1.807, 2.05) is 62.4 Å². The molecule has 1 aromatic heterocycles. The molecule has 3 nitrogen and oxygen atoms in total. The fourth-order valence-electron chi connectivity index (χ4n) is 2.64. The molecule has 0 fully saturated rings. The van der Waals surface area contributed by atoms with Gasteiger partial charge >= 0.3 is 0 Å². The zero-order valence-corrected chi connectivity index (χ0v) is 12.1. The second-order valence-electron chi connectivity index (χ2n) is 4.93. The number of H-pyrrole nitrogens is 1. The third-order valence-electron chi connectivity index (χ3n) is 3.55. The molecule has 0 bridgehead atoms. The molecule has 3 aromatic rings. The van der Waals surface area contributed by atoms with Gasteiger partial charge in [-0.25, -0.2) is 0 Å². The van der Waals surface area contributed by atoms with Gasteiger partial charge in [0.1, 0.15) is 5.75 Å². The molecule has 0 saturated carbocycles. The summed E-state index contributed by atoms with van der Waals surface area (Å²) in [4.78, 5) is 16.2. The summed E-state index contributed by atoms with van der Waals surface area (Å²) in [5.74, 6) is 0.628. The summed E-state index contributed by atoms with van der Waals surface area (Å²) in [5, 5.41) is 0.950. The minimum atomic E-state index is -0.00556. The first-order chi connectivity index (χ1) is 10.2. The highest BCUT2D eigenvalue weighted by Gasteiger charge is 2.20. The average Bonchev–Trinajstić information content (AvgIpc) is 2.83. The lowest BCUT2D eigenvalue weighted by molar-refractivity contribution is 0.103. The smallest absolute Gasteiger partial charge is 0.199 e. The van der Waals surface area contributed by atoms with Gasteiger partial charge in [0.2, 0.25) is 0 Å². The molecule has 106 valence electrons. The van der Waals surface area contributed by atoms with E-state index in [0.717, 1.165) is 22.2 Å². The summed E-state index contributed by atoms with van der Waals surface area (Å²) in [7, 11) is 0. The normalized spacial score (nSPS) is 10.8. The Kier molecular flexibility index (Phi) is 3.48. The van der Waals surface area contributed by atoms with E-state index < -0.39 is 0 Å². The van der Waals surface area contributed by atoms with Gasteiger partial charge in [-0.1, -0.05) is 30.3 Å². The molecule has 3 rings (SSSR count). The van der Waals surface area contributed by atoms with Crippen molar-refractivity contribution in [3.63, 3.8) is 0 Å². The van der Waals surface area contributed by atoms with Crippen molar-refractivity contribution in [1.29, 1.82) is 0 Å². The Morgan fingerprint density at radius 1 is 1.10 bits per heavy atom. The van der Waals surface area contributed by atoms with Crippen molar-refractivity contribution in [3.05, 3.63) is 65.4 Å². The average molecular weight is 279 g/mol. The summed E-state index contributed by atoms with van der Waals surface area (Å²) in [6, 6.07) is 15.2. The van der Waals surface area contributed by atoms with Gasteiger partial charge in [-0.05, 0) is 32.0 Å². The summed E-state index contributed by atoms with van der Waals surface area (Å²) < 4.78 is 5.58. The molecule has 0 aliphatic carbocycles. The van der Waals surface area contributed by atoms with Gasteiger partial charge in [-0.2, -0.15) is 0 Å². The van der Waals surface area contributed by atoms with Gasteiger partial charge in [0.05, 0.1) is 17.7 Å². The Hall–Kier alpha value is -2.55. The lowest BCUT2D eigenvalue weighted by Gasteiger charge is -2.09. The van der Waals surface area contributed by atoms with Crippen LogP contribution in [0.3, 0.4) is 0 Å². The molecular formula is C18H17NO2. The van der Waals surface area contributed by atoms with Crippen molar-refractivity contribution in [1.82, 2.24) is 4.98 Å². The number of ether oxygens (including phenoxy) is 1. The van der Waals surface area contributed by atoms with Gasteiger partial charge in [0.25, 0.3) is 0 Å². The van der Waals surface area contributed by atoms with E-state index in [9.17, 15) is 4.79 Å². The third-order valence-corrected chi connectivity index (χ3v) is 3.55. The largest absolute Gasteiger partial charge is 0.493 e. The van der Waals surface area contributed by atoms with Crippen LogP contribution in [0.15, 0.2) is 48.5 Å². The van der Waals surface area contributed by atoms with Crippen LogP contribution in [0.2, 0.25) is 0 Å². The molecule has 1 heterocycles. The van der Waals surface area contributed by atoms with E-state index >= 15 is 0 Å². The van der Waals surface area contributed by atoms with Crippen LogP contribution in [-0.2, 0) is 0 Å². The summed E-state index contributed by atoms with van der Waals surface area (Å²) in [5.41, 5.74) is 3.18. The molecule has 21 heavy (non-hydrogen) atoms. The highest BCUT2D eigenvalue weighted by atomic mass is 16.5. The monoisotopic (exact) mass is 279 g/mol. The molecule has 0 spiro atoms. The van der Waals surface area contributed by atoms with Gasteiger partial charge < -0.3 is 9.72 Å². The molecule has 1 N–H and O–H groups in total. The SMILES string of the molecule is CCOc1ccccc1C(=O)c1c(C)[nH]c2ccccc12. The molecule has 2 aromatic carbocycles. The fraction of sp³-hybridized carbons (Fsp3) is 0.167. The van der Waals surface area contributed by atoms with Crippen LogP contribution in [0.5, 0.6) is 5.75 Å². The summed E-state index contributed by atoms with van der Waals surface area (Å²) in [6.45, 7) is 4.38. The molecule has 0 aliphatic heterocycles. The lowest BCUT2D eigenvalue weighted by atomic mass is 10.00. The Balaban J connectivity index is 2.15. The number of rotatable bonds is 4. The van der Waals surface area contributed by atoms with Crippen LogP contribution in [-0.4, -0.2) is 17.4 Å². The van der Waals surface area contributed by atoms with Crippen LogP contribution < -0.4 is 4.74 Å². The topological polar surface area (TPSA) is 42.1 Å². The Morgan fingerprint density at radius 2 is 1.81 bits per heavy atom. The number of carbonyl (C=O) groups is 1. The number of aromatic nitrogens is 1. The maximum absolute atomic E-state index is 12.9. The van der Waals surface area contributed by atoms with Crippen molar-refractivity contribution in [3.8, 4) is 5.75 Å². The Bertz CT molecular complexity index is 802. The number of fused-ring (bicyclic) bond motifs is 1. The molecule has 0 aliphatic rings. The van der Waals surface area contributed by atoms with Crippen molar-refractivity contribution in [2.75, 3.05) is 6.61 Å². The van der Waals surface area contributed by atoms with Crippen LogP contribution in [0.1, 0.15) is 28.5 Å². The maximum atomic E-state index is 12.9. The first kappa shape index (κ1) is 13.4. The van der Waals surface area contributed by atoms with Crippen molar-refractivity contribution < 1.29 is 9.53 Å². The fourth-order valence-corrected chi connectivity index (χ4v) is 2.64. The van der Waals surface area contributed by atoms with E-state index in [1.54, 1.807) is 0 Å². The highest BCUT2D eigenvalue weighted by molar-refractivity contribution is 6.18. The van der Waals surface area contributed by atoms with Gasteiger partial charge in [0.15, 0.2) is 5.78 Å². The molecular weight excluding hydrogens is 262 g/mol. The molecule has 0 radical (unpaired) electrons. The zero-order chi connectivity index (χ0) is 14.8. The minimum absolute atomic E-state index is 0.00556. The van der Waals surface area contributed by atoms with Crippen molar-refractivity contribution in [2.24, 2.45) is 0 Å². The zero-order valence-electron chi connectivity index (χ0n) is 12.1. The van der Waals surface area contributed by atoms with Gasteiger partial charge in [0, 0.05) is 16.6 Å². The van der Waals surface area contributed by atoms with Gasteiger partial charge in [-0.3, -0.25) is 4.79 Å². The van der Waals surface area contributed by atoms with Crippen LogP contribution in [0.4, 0.5) is 0 Å². The standard InChI is InChI=1S/C18H17NO2/c1-3-21-16-11-7-5-9-14(16)18(20)17-12(2)19-15-10-6-4-8-13(15)17/h4-11,19H,3H2,1-2H3. The number of nitrogens with one attached hydrogen (secondary N) is 1. The van der Waals surface area contributed by atoms with Crippen LogP contribution in [0, 0.1) is 6.92 Å². The van der Waals surface area contributed by atoms with Gasteiger partial charge in [-0.15, -0.1) is 0 Å². The number of aryl methyl sites for hydroxylation is 1. The highest BCUT2D eigenvalue weighted by Crippen LogP contribution is 2.28. The predicted octanol–water partition coefficient (Wildman–Crippen LogP) is 4.11. The van der Waals surface area contributed by atoms with Crippen LogP contribution >= 0.6 is 0 Å². The predicted molar refractivity (Wildman–Crippen MR) is 84.1 cm³/mol. The number of benzene rings is 2. The molecule has 0 saturated heterocycles. The minimum Gasteiger partial charge on any atom is -0.493 e. The number of hydrogen-bond donors (Lipinski definition) is 1.